The van der Waals surface area contributed by atoms with Gasteiger partial charge in [0.1, 0.15) is 0 Å². The summed E-state index contributed by atoms with van der Waals surface area (Å²) in [6, 6.07) is 5.74. The normalized spacial score (nSPS) is 23.0. The molecule has 1 heterocycles. The van der Waals surface area contributed by atoms with Crippen molar-refractivity contribution in [1.82, 2.24) is 4.90 Å². The third-order valence-corrected chi connectivity index (χ3v) is 4.18. The van der Waals surface area contributed by atoms with Crippen molar-refractivity contribution in [2.45, 2.75) is 51.4 Å². The van der Waals surface area contributed by atoms with Gasteiger partial charge in [0.2, 0.25) is 0 Å². The summed E-state index contributed by atoms with van der Waals surface area (Å²) in [4.78, 5) is 2.08. The van der Waals surface area contributed by atoms with Crippen molar-refractivity contribution in [3.05, 3.63) is 29.8 Å². The molecule has 6 heteroatoms. The van der Waals surface area contributed by atoms with Crippen LogP contribution < -0.4 is 5.32 Å². The van der Waals surface area contributed by atoms with Gasteiger partial charge in [0.15, 0.2) is 5.11 Å². The summed E-state index contributed by atoms with van der Waals surface area (Å²) < 4.78 is 38.1. The Bertz CT molecular complexity index is 506. The Kier molecular flexibility index (Phi) is 4.76. The first kappa shape index (κ1) is 16.1. The number of halogens is 3. The van der Waals surface area contributed by atoms with Crippen molar-refractivity contribution in [3.8, 4) is 0 Å². The minimum absolute atomic E-state index is 0.305. The van der Waals surface area contributed by atoms with Gasteiger partial charge in [0.05, 0.1) is 5.56 Å². The topological polar surface area (TPSA) is 15.3 Å². The smallest absolute Gasteiger partial charge is 0.344 e. The first-order valence-corrected chi connectivity index (χ1v) is 7.46. The summed E-state index contributed by atoms with van der Waals surface area (Å²) >= 11 is 5.38. The lowest BCUT2D eigenvalue weighted by atomic mass is 9.98. The van der Waals surface area contributed by atoms with E-state index in [-0.39, 0.29) is 0 Å². The largest absolute Gasteiger partial charge is 0.416 e. The molecule has 1 saturated heterocycles. The molecule has 0 spiro atoms. The second kappa shape index (κ2) is 6.22. The zero-order valence-corrected chi connectivity index (χ0v) is 12.9. The second-order valence-electron chi connectivity index (χ2n) is 5.54. The fourth-order valence-corrected chi connectivity index (χ4v) is 3.26. The number of likely N-dealkylation sites (tertiary alicyclic amines) is 1. The van der Waals surface area contributed by atoms with E-state index in [1.807, 2.05) is 0 Å². The second-order valence-corrected chi connectivity index (χ2v) is 5.93. The number of hydrogen-bond acceptors (Lipinski definition) is 1. The number of alkyl halides is 3. The van der Waals surface area contributed by atoms with Crippen molar-refractivity contribution < 1.29 is 13.2 Å². The molecular weight excluding hydrogens is 297 g/mol. The summed E-state index contributed by atoms with van der Waals surface area (Å²) in [5.74, 6) is 0. The molecule has 0 aromatic heterocycles. The highest BCUT2D eigenvalue weighted by molar-refractivity contribution is 7.80. The summed E-state index contributed by atoms with van der Waals surface area (Å²) in [5, 5.41) is 3.44. The Morgan fingerprint density at radius 3 is 2.43 bits per heavy atom. The third kappa shape index (κ3) is 3.87. The van der Waals surface area contributed by atoms with E-state index in [4.69, 9.17) is 12.2 Å². The van der Waals surface area contributed by atoms with Gasteiger partial charge >= 0.3 is 6.18 Å². The Balaban J connectivity index is 2.12. The van der Waals surface area contributed by atoms with E-state index in [1.165, 1.54) is 6.07 Å². The molecule has 21 heavy (non-hydrogen) atoms. The lowest BCUT2D eigenvalue weighted by Crippen LogP contribution is -2.49. The molecule has 1 aliphatic heterocycles. The average Bonchev–Trinajstić information content (AvgIpc) is 2.37. The lowest BCUT2D eigenvalue weighted by Gasteiger charge is -2.40. The van der Waals surface area contributed by atoms with E-state index in [0.29, 0.717) is 22.9 Å². The molecule has 0 saturated carbocycles. The van der Waals surface area contributed by atoms with Gasteiger partial charge in [-0.3, -0.25) is 0 Å². The number of hydrogen-bond donors (Lipinski definition) is 1. The van der Waals surface area contributed by atoms with Crippen LogP contribution in [-0.4, -0.2) is 22.1 Å². The van der Waals surface area contributed by atoms with E-state index >= 15 is 0 Å². The Morgan fingerprint density at radius 1 is 1.24 bits per heavy atom. The maximum atomic E-state index is 12.7. The zero-order chi connectivity index (χ0) is 15.6. The first-order chi connectivity index (χ1) is 9.79. The van der Waals surface area contributed by atoms with Crippen molar-refractivity contribution in [2.24, 2.45) is 0 Å². The van der Waals surface area contributed by atoms with Crippen LogP contribution in [0.3, 0.4) is 0 Å². The first-order valence-electron chi connectivity index (χ1n) is 7.05. The highest BCUT2D eigenvalue weighted by Gasteiger charge is 2.31. The molecule has 0 unspecified atom stereocenters. The summed E-state index contributed by atoms with van der Waals surface area (Å²) in [5.41, 5.74) is -0.296. The highest BCUT2D eigenvalue weighted by Crippen LogP contribution is 2.31. The van der Waals surface area contributed by atoms with Crippen LogP contribution in [0, 0.1) is 0 Å². The van der Waals surface area contributed by atoms with Crippen molar-refractivity contribution >= 4 is 23.0 Å². The molecule has 1 aromatic carbocycles. The molecular formula is C15H19F3N2S. The SMILES string of the molecule is C[C@@H]1CCC[C@H](C)N1C(=S)Nc1cccc(C(F)(F)F)c1. The fraction of sp³-hybridized carbons (Fsp3) is 0.533. The predicted molar refractivity (Wildman–Crippen MR) is 82.3 cm³/mol. The van der Waals surface area contributed by atoms with Gasteiger partial charge in [0, 0.05) is 17.8 Å². The zero-order valence-electron chi connectivity index (χ0n) is 12.1. The maximum Gasteiger partial charge on any atom is 0.416 e. The van der Waals surface area contributed by atoms with Crippen LogP contribution in [0.25, 0.3) is 0 Å². The number of nitrogens with zero attached hydrogens (tertiary/aromatic N) is 1. The van der Waals surface area contributed by atoms with Crippen LogP contribution in [0.1, 0.15) is 38.7 Å². The average molecular weight is 316 g/mol. The Hall–Kier alpha value is -1.30. The van der Waals surface area contributed by atoms with Gasteiger partial charge in [-0.05, 0) is 63.5 Å². The number of anilines is 1. The number of piperidine rings is 1. The molecule has 2 rings (SSSR count). The molecule has 1 fully saturated rings. The predicted octanol–water partition coefficient (Wildman–Crippen LogP) is 4.67. The van der Waals surface area contributed by atoms with Crippen molar-refractivity contribution in [1.29, 1.82) is 0 Å². The van der Waals surface area contributed by atoms with Gasteiger partial charge < -0.3 is 10.2 Å². The highest BCUT2D eigenvalue weighted by atomic mass is 32.1. The lowest BCUT2D eigenvalue weighted by molar-refractivity contribution is -0.137. The van der Waals surface area contributed by atoms with Crippen LogP contribution in [-0.2, 0) is 6.18 Å². The molecule has 0 radical (unpaired) electrons. The van der Waals surface area contributed by atoms with Gasteiger partial charge in [-0.15, -0.1) is 0 Å². The molecule has 2 atom stereocenters. The molecule has 1 N–H and O–H groups in total. The van der Waals surface area contributed by atoms with Crippen LogP contribution >= 0.6 is 12.2 Å². The molecule has 116 valence electrons. The minimum atomic E-state index is -4.34. The van der Waals surface area contributed by atoms with E-state index < -0.39 is 11.7 Å². The number of thiocarbonyl (C=S) groups is 1. The molecule has 1 aliphatic rings. The number of nitrogens with one attached hydrogen (secondary N) is 1. The quantitative estimate of drug-likeness (QED) is 0.758. The fourth-order valence-electron chi connectivity index (χ4n) is 2.78. The Labute approximate surface area is 128 Å². The van der Waals surface area contributed by atoms with Crippen molar-refractivity contribution in [3.63, 3.8) is 0 Å². The maximum absolute atomic E-state index is 12.7. The van der Waals surface area contributed by atoms with Crippen LogP contribution in [0.4, 0.5) is 18.9 Å². The number of benzene rings is 1. The van der Waals surface area contributed by atoms with Crippen molar-refractivity contribution in [2.75, 3.05) is 5.32 Å². The summed E-state index contributed by atoms with van der Waals surface area (Å²) in [6.45, 7) is 4.19. The van der Waals surface area contributed by atoms with Gasteiger partial charge in [-0.1, -0.05) is 6.07 Å². The molecule has 2 nitrogen and oxygen atoms in total. The molecule has 0 bridgehead atoms. The summed E-state index contributed by atoms with van der Waals surface area (Å²) in [7, 11) is 0. The van der Waals surface area contributed by atoms with E-state index in [9.17, 15) is 13.2 Å². The van der Waals surface area contributed by atoms with Crippen LogP contribution in [0.2, 0.25) is 0 Å². The molecule has 1 aromatic rings. The van der Waals surface area contributed by atoms with Crippen LogP contribution in [0.15, 0.2) is 24.3 Å². The standard InChI is InChI=1S/C15H19F3N2S/c1-10-5-3-6-11(2)20(10)14(21)19-13-8-4-7-12(9-13)15(16,17)18/h4,7-11H,3,5-6H2,1-2H3,(H,19,21)/t10-,11+. The Morgan fingerprint density at radius 2 is 1.86 bits per heavy atom. The summed E-state index contributed by atoms with van der Waals surface area (Å²) in [6.07, 6.45) is -1.08. The minimum Gasteiger partial charge on any atom is -0.344 e. The number of rotatable bonds is 1. The van der Waals surface area contributed by atoms with Crippen LogP contribution in [0.5, 0.6) is 0 Å². The van der Waals surface area contributed by atoms with Gasteiger partial charge in [-0.2, -0.15) is 13.2 Å². The van der Waals surface area contributed by atoms with Gasteiger partial charge in [-0.25, -0.2) is 0 Å². The molecule has 0 amide bonds. The van der Waals surface area contributed by atoms with E-state index in [1.54, 1.807) is 6.07 Å². The van der Waals surface area contributed by atoms with E-state index in [2.05, 4.69) is 24.1 Å². The van der Waals surface area contributed by atoms with Gasteiger partial charge in [0.25, 0.3) is 0 Å². The monoisotopic (exact) mass is 316 g/mol. The molecule has 0 aliphatic carbocycles. The third-order valence-electron chi connectivity index (χ3n) is 3.87. The van der Waals surface area contributed by atoms with E-state index in [0.717, 1.165) is 31.4 Å².